The molecule has 1 saturated heterocycles. The van der Waals surface area contributed by atoms with Crippen molar-refractivity contribution in [3.05, 3.63) is 78.8 Å². The molecule has 4 aromatic rings. The summed E-state index contributed by atoms with van der Waals surface area (Å²) in [7, 11) is 0. The van der Waals surface area contributed by atoms with Crippen molar-refractivity contribution in [3.8, 4) is 0 Å². The van der Waals surface area contributed by atoms with Crippen LogP contribution < -0.4 is 4.90 Å². The minimum absolute atomic E-state index is 0.388. The van der Waals surface area contributed by atoms with E-state index >= 15 is 0 Å². The number of hydrogen-bond donors (Lipinski definition) is 0. The molecule has 1 atom stereocenters. The Balaban J connectivity index is 1.38. The predicted octanol–water partition coefficient (Wildman–Crippen LogP) is 3.65. The second-order valence-electron chi connectivity index (χ2n) is 7.27. The largest absolute Gasteiger partial charge is 0.355 e. The van der Waals surface area contributed by atoms with Crippen molar-refractivity contribution in [2.45, 2.75) is 25.3 Å². The van der Waals surface area contributed by atoms with Crippen LogP contribution in [0.15, 0.2) is 67.4 Å². The Kier molecular flexibility index (Phi) is 4.45. The van der Waals surface area contributed by atoms with E-state index in [0.29, 0.717) is 5.92 Å². The molecule has 0 spiro atoms. The third kappa shape index (κ3) is 3.33. The van der Waals surface area contributed by atoms with E-state index in [-0.39, 0.29) is 0 Å². The molecule has 0 amide bonds. The molecule has 5 rings (SSSR count). The first kappa shape index (κ1) is 16.9. The average Bonchev–Trinajstić information content (AvgIpc) is 3.22. The van der Waals surface area contributed by atoms with Gasteiger partial charge in [-0.1, -0.05) is 12.1 Å². The maximum atomic E-state index is 4.83. The highest BCUT2D eigenvalue weighted by Crippen LogP contribution is 2.29. The monoisotopic (exact) mass is 370 g/mol. The zero-order chi connectivity index (χ0) is 18.8. The van der Waals surface area contributed by atoms with Crippen LogP contribution in [0.2, 0.25) is 0 Å². The summed E-state index contributed by atoms with van der Waals surface area (Å²) in [6, 6.07) is 12.1. The quantitative estimate of drug-likeness (QED) is 0.549. The minimum Gasteiger partial charge on any atom is -0.355 e. The molecular weight excluding hydrogens is 348 g/mol. The minimum atomic E-state index is 0.388. The molecule has 1 aliphatic rings. The fourth-order valence-electron chi connectivity index (χ4n) is 3.99. The van der Waals surface area contributed by atoms with Crippen molar-refractivity contribution in [2.24, 2.45) is 0 Å². The van der Waals surface area contributed by atoms with Gasteiger partial charge in [0, 0.05) is 50.3 Å². The maximum absolute atomic E-state index is 4.83. The molecule has 3 aromatic heterocycles. The van der Waals surface area contributed by atoms with E-state index in [9.17, 15) is 0 Å². The number of nitrogens with zero attached hydrogens (tertiary/aromatic N) is 6. The predicted molar refractivity (Wildman–Crippen MR) is 109 cm³/mol. The van der Waals surface area contributed by atoms with E-state index in [1.807, 2.05) is 49.1 Å². The standard InChI is InChI=1S/C22H22N6/c1-2-6-20-19(5-1)25-14-21(26-20)27-12-3-4-18(16-27)22-24-11-13-28(22)15-17-7-9-23-10-8-17/h1-2,5-11,13-14,18H,3-4,12,15-16H2/t18-/m1/s1. The van der Waals surface area contributed by atoms with Crippen LogP contribution in [-0.4, -0.2) is 37.6 Å². The molecule has 1 aromatic carbocycles. The number of aromatic nitrogens is 5. The van der Waals surface area contributed by atoms with Gasteiger partial charge in [-0.25, -0.2) is 9.97 Å². The molecule has 1 aliphatic heterocycles. The smallest absolute Gasteiger partial charge is 0.147 e. The summed E-state index contributed by atoms with van der Waals surface area (Å²) in [6.45, 7) is 2.75. The Hall–Kier alpha value is -3.28. The third-order valence-corrected chi connectivity index (χ3v) is 5.40. The Morgan fingerprint density at radius 2 is 1.82 bits per heavy atom. The van der Waals surface area contributed by atoms with Gasteiger partial charge < -0.3 is 9.47 Å². The van der Waals surface area contributed by atoms with Gasteiger partial charge in [0.1, 0.15) is 11.6 Å². The SMILES string of the molecule is c1ccc2nc(N3CCC[C@@H](c4nccn4Cc4ccncc4)C3)cnc2c1. The average molecular weight is 370 g/mol. The van der Waals surface area contributed by atoms with Gasteiger partial charge in [0.15, 0.2) is 0 Å². The summed E-state index contributed by atoms with van der Waals surface area (Å²) >= 11 is 0. The van der Waals surface area contributed by atoms with E-state index in [1.54, 1.807) is 0 Å². The highest BCUT2D eigenvalue weighted by molar-refractivity contribution is 5.75. The second-order valence-corrected chi connectivity index (χ2v) is 7.27. The summed E-state index contributed by atoms with van der Waals surface area (Å²) in [5.74, 6) is 2.49. The second kappa shape index (κ2) is 7.38. The highest BCUT2D eigenvalue weighted by atomic mass is 15.2. The van der Waals surface area contributed by atoms with Crippen LogP contribution in [0.3, 0.4) is 0 Å². The number of pyridine rings is 1. The lowest BCUT2D eigenvalue weighted by Crippen LogP contribution is -2.36. The van der Waals surface area contributed by atoms with Gasteiger partial charge in [0.05, 0.1) is 17.2 Å². The Morgan fingerprint density at radius 1 is 0.964 bits per heavy atom. The molecule has 0 unspecified atom stereocenters. The topological polar surface area (TPSA) is 59.7 Å². The van der Waals surface area contributed by atoms with Crippen molar-refractivity contribution < 1.29 is 0 Å². The zero-order valence-corrected chi connectivity index (χ0v) is 15.6. The molecule has 0 saturated carbocycles. The lowest BCUT2D eigenvalue weighted by molar-refractivity contribution is 0.474. The summed E-state index contributed by atoms with van der Waals surface area (Å²) in [4.78, 5) is 20.6. The number of benzene rings is 1. The van der Waals surface area contributed by atoms with Crippen molar-refractivity contribution in [2.75, 3.05) is 18.0 Å². The van der Waals surface area contributed by atoms with Crippen LogP contribution in [0.1, 0.15) is 30.1 Å². The van der Waals surface area contributed by atoms with Crippen LogP contribution in [0.5, 0.6) is 0 Å². The molecule has 6 nitrogen and oxygen atoms in total. The van der Waals surface area contributed by atoms with Crippen molar-refractivity contribution in [1.29, 1.82) is 0 Å². The Labute approximate surface area is 163 Å². The van der Waals surface area contributed by atoms with Crippen LogP contribution in [0.25, 0.3) is 11.0 Å². The van der Waals surface area contributed by atoms with Gasteiger partial charge >= 0.3 is 0 Å². The number of para-hydroxylation sites is 2. The number of anilines is 1. The molecule has 6 heteroatoms. The van der Waals surface area contributed by atoms with Gasteiger partial charge in [-0.3, -0.25) is 9.97 Å². The Morgan fingerprint density at radius 3 is 2.71 bits per heavy atom. The Bertz CT molecular complexity index is 1070. The summed E-state index contributed by atoms with van der Waals surface area (Å²) < 4.78 is 2.26. The number of rotatable bonds is 4. The van der Waals surface area contributed by atoms with E-state index in [4.69, 9.17) is 9.97 Å². The van der Waals surface area contributed by atoms with Crippen LogP contribution in [0, 0.1) is 0 Å². The molecule has 0 N–H and O–H groups in total. The fourth-order valence-corrected chi connectivity index (χ4v) is 3.99. The molecule has 4 heterocycles. The summed E-state index contributed by atoms with van der Waals surface area (Å²) in [6.07, 6.45) is 11.8. The van der Waals surface area contributed by atoms with Gasteiger partial charge in [0.2, 0.25) is 0 Å². The van der Waals surface area contributed by atoms with Gasteiger partial charge in [0.25, 0.3) is 0 Å². The van der Waals surface area contributed by atoms with E-state index in [0.717, 1.165) is 55.2 Å². The lowest BCUT2D eigenvalue weighted by atomic mass is 9.97. The van der Waals surface area contributed by atoms with Crippen LogP contribution >= 0.6 is 0 Å². The van der Waals surface area contributed by atoms with Crippen molar-refractivity contribution >= 4 is 16.9 Å². The van der Waals surface area contributed by atoms with Gasteiger partial charge in [-0.15, -0.1) is 0 Å². The van der Waals surface area contributed by atoms with Crippen molar-refractivity contribution in [1.82, 2.24) is 24.5 Å². The first-order chi connectivity index (χ1) is 13.9. The molecule has 0 bridgehead atoms. The zero-order valence-electron chi connectivity index (χ0n) is 15.6. The highest BCUT2D eigenvalue weighted by Gasteiger charge is 2.25. The third-order valence-electron chi connectivity index (χ3n) is 5.40. The first-order valence-electron chi connectivity index (χ1n) is 9.73. The number of hydrogen-bond acceptors (Lipinski definition) is 5. The first-order valence-corrected chi connectivity index (χ1v) is 9.73. The van der Waals surface area contributed by atoms with Gasteiger partial charge in [-0.05, 0) is 42.7 Å². The normalized spacial score (nSPS) is 17.1. The van der Waals surface area contributed by atoms with E-state index < -0.39 is 0 Å². The molecule has 28 heavy (non-hydrogen) atoms. The number of imidazole rings is 1. The summed E-state index contributed by atoms with van der Waals surface area (Å²) in [5.41, 5.74) is 3.12. The molecule has 0 radical (unpaired) electrons. The number of fused-ring (bicyclic) bond motifs is 1. The van der Waals surface area contributed by atoms with Crippen LogP contribution in [0.4, 0.5) is 5.82 Å². The van der Waals surface area contributed by atoms with Crippen molar-refractivity contribution in [3.63, 3.8) is 0 Å². The maximum Gasteiger partial charge on any atom is 0.147 e. The van der Waals surface area contributed by atoms with Gasteiger partial charge in [-0.2, -0.15) is 0 Å². The molecule has 1 fully saturated rings. The van der Waals surface area contributed by atoms with Crippen LogP contribution in [-0.2, 0) is 6.54 Å². The summed E-state index contributed by atoms with van der Waals surface area (Å²) in [5, 5.41) is 0. The number of piperidine rings is 1. The molecule has 140 valence electrons. The molecular formula is C22H22N6. The van der Waals surface area contributed by atoms with E-state index in [1.165, 1.54) is 5.56 Å². The fraction of sp³-hybridized carbons (Fsp3) is 0.273. The lowest BCUT2D eigenvalue weighted by Gasteiger charge is -2.33. The van der Waals surface area contributed by atoms with E-state index in [2.05, 4.69) is 37.8 Å². The molecule has 0 aliphatic carbocycles.